The Morgan fingerprint density at radius 2 is 1.75 bits per heavy atom. The fourth-order valence-electron chi connectivity index (χ4n) is 7.49. The fourth-order valence-corrected chi connectivity index (χ4v) is 7.49. The van der Waals surface area contributed by atoms with Crippen LogP contribution in [0.3, 0.4) is 0 Å². The molecule has 2 atom stereocenters. The van der Waals surface area contributed by atoms with Crippen LogP contribution < -0.4 is 4.74 Å². The molecule has 1 aliphatic rings. The van der Waals surface area contributed by atoms with Gasteiger partial charge in [-0.3, -0.25) is 4.68 Å². The molecule has 3 aromatic carbocycles. The van der Waals surface area contributed by atoms with E-state index in [1.807, 2.05) is 18.3 Å². The number of aromatic nitrogens is 4. The summed E-state index contributed by atoms with van der Waals surface area (Å²) in [6.07, 6.45) is 8.47. The smallest absolute Gasteiger partial charge is 0.509 e. The number of benzene rings is 3. The minimum Gasteiger partial charge on any atom is -0.509 e. The molecule has 0 aliphatic heterocycles. The molecule has 0 radical (unpaired) electrons. The first kappa shape index (κ1) is 33.9. The minimum atomic E-state index is 0. The summed E-state index contributed by atoms with van der Waals surface area (Å²) in [7, 11) is 0. The van der Waals surface area contributed by atoms with Crippen LogP contribution in [0.2, 0.25) is 0 Å². The summed E-state index contributed by atoms with van der Waals surface area (Å²) in [4.78, 5) is 4.73. The standard InChI is InChI=1S/C42H44N4O.Pt/c1-8-36-42(41-28(6)13-12-14-29(41)7)37(9-2)46(44-36)31-22-30(26(3)4)23-33(24-31)47-32-17-18-35-34-15-10-11-16-38(34)45(39(35)25-32)40-21-27(5)19-20-43-40;/h10-11,13,15-23,26,29,41H,8-9,12,14H2,1-7H3;/q-2;+2/t29-,41?;/m0./s1. The number of pyridine rings is 1. The van der Waals surface area contributed by atoms with Gasteiger partial charge in [-0.15, -0.1) is 41.3 Å². The van der Waals surface area contributed by atoms with E-state index in [1.54, 1.807) is 0 Å². The van der Waals surface area contributed by atoms with E-state index in [4.69, 9.17) is 14.8 Å². The van der Waals surface area contributed by atoms with Crippen molar-refractivity contribution in [1.29, 1.82) is 0 Å². The van der Waals surface area contributed by atoms with Crippen molar-refractivity contribution in [2.24, 2.45) is 5.92 Å². The Bertz CT molecular complexity index is 2140. The van der Waals surface area contributed by atoms with Crippen molar-refractivity contribution in [1.82, 2.24) is 19.3 Å². The summed E-state index contributed by atoms with van der Waals surface area (Å²) in [6.45, 7) is 15.7. The number of hydrogen-bond donors (Lipinski definition) is 0. The van der Waals surface area contributed by atoms with Gasteiger partial charge in [0.1, 0.15) is 5.82 Å². The quantitative estimate of drug-likeness (QED) is 0.114. The molecule has 6 aromatic rings. The summed E-state index contributed by atoms with van der Waals surface area (Å²) in [5.41, 5.74) is 10.7. The van der Waals surface area contributed by atoms with Gasteiger partial charge in [-0.2, -0.15) is 11.2 Å². The van der Waals surface area contributed by atoms with Gasteiger partial charge in [-0.25, -0.2) is 4.98 Å². The second-order valence-electron chi connectivity index (χ2n) is 13.5. The van der Waals surface area contributed by atoms with Crippen LogP contribution in [0.4, 0.5) is 0 Å². The number of nitrogens with zero attached hydrogens (tertiary/aromatic N) is 4. The van der Waals surface area contributed by atoms with Crippen LogP contribution in [-0.2, 0) is 33.9 Å². The van der Waals surface area contributed by atoms with E-state index in [0.29, 0.717) is 29.3 Å². The number of rotatable bonds is 8. The van der Waals surface area contributed by atoms with Gasteiger partial charge < -0.3 is 9.30 Å². The average molecular weight is 816 g/mol. The molecule has 0 saturated carbocycles. The minimum absolute atomic E-state index is 0. The number of fused-ring (bicyclic) bond motifs is 3. The zero-order chi connectivity index (χ0) is 32.8. The molecule has 3 aromatic heterocycles. The molecule has 1 unspecified atom stereocenters. The number of para-hydroxylation sites is 1. The number of allylic oxidation sites excluding steroid dienone is 2. The Morgan fingerprint density at radius 3 is 2.48 bits per heavy atom. The van der Waals surface area contributed by atoms with Crippen LogP contribution >= 0.6 is 0 Å². The topological polar surface area (TPSA) is 44.9 Å². The molecule has 0 N–H and O–H groups in total. The molecule has 0 saturated heterocycles. The van der Waals surface area contributed by atoms with E-state index >= 15 is 0 Å². The van der Waals surface area contributed by atoms with Crippen molar-refractivity contribution in [2.75, 3.05) is 0 Å². The summed E-state index contributed by atoms with van der Waals surface area (Å²) in [6, 6.07) is 28.3. The first-order valence-electron chi connectivity index (χ1n) is 17.2. The fraction of sp³-hybridized carbons (Fsp3) is 0.333. The van der Waals surface area contributed by atoms with Crippen molar-refractivity contribution in [3.05, 3.63) is 119 Å². The Kier molecular flexibility index (Phi) is 9.81. The van der Waals surface area contributed by atoms with Crippen molar-refractivity contribution < 1.29 is 25.8 Å². The molecule has 0 amide bonds. The van der Waals surface area contributed by atoms with Crippen LogP contribution in [0.1, 0.15) is 94.3 Å². The predicted molar refractivity (Wildman–Crippen MR) is 192 cm³/mol. The summed E-state index contributed by atoms with van der Waals surface area (Å²) < 4.78 is 11.0. The second-order valence-corrected chi connectivity index (χ2v) is 13.5. The Labute approximate surface area is 299 Å². The molecule has 0 spiro atoms. The average Bonchev–Trinajstić information content (AvgIpc) is 3.60. The van der Waals surface area contributed by atoms with E-state index in [-0.39, 0.29) is 21.1 Å². The summed E-state index contributed by atoms with van der Waals surface area (Å²) in [5, 5.41) is 7.54. The molecular weight excluding hydrogens is 772 g/mol. The molecular formula is C42H44N4OPt. The van der Waals surface area contributed by atoms with E-state index < -0.39 is 0 Å². The third kappa shape index (κ3) is 6.07. The molecule has 1 aliphatic carbocycles. The van der Waals surface area contributed by atoms with Gasteiger partial charge in [0.05, 0.1) is 5.69 Å². The van der Waals surface area contributed by atoms with Crippen LogP contribution in [0.15, 0.2) is 78.5 Å². The van der Waals surface area contributed by atoms with Crippen molar-refractivity contribution in [3.8, 4) is 23.0 Å². The molecule has 5 nitrogen and oxygen atoms in total. The molecule has 3 heterocycles. The van der Waals surface area contributed by atoms with Crippen molar-refractivity contribution in [2.45, 2.75) is 86.0 Å². The molecule has 248 valence electrons. The van der Waals surface area contributed by atoms with Gasteiger partial charge in [0.15, 0.2) is 0 Å². The summed E-state index contributed by atoms with van der Waals surface area (Å²) in [5.74, 6) is 3.47. The Balaban J connectivity index is 0.00000401. The van der Waals surface area contributed by atoms with Gasteiger partial charge in [-0.05, 0) is 86.2 Å². The SMILES string of the molecule is CCc1nn(-c2[c-]c(Oc3[c-]c4c(cc3)c3ccccc3n4-c3cc(C)ccn3)cc(C(C)C)c2)c(CC)c1C1C(C)=CCC[C@@H]1C.[Pt+2]. The van der Waals surface area contributed by atoms with Crippen LogP contribution in [-0.4, -0.2) is 19.3 Å². The van der Waals surface area contributed by atoms with Crippen LogP contribution in [0.5, 0.6) is 11.5 Å². The normalized spacial score (nSPS) is 16.4. The first-order valence-corrected chi connectivity index (χ1v) is 17.2. The largest absolute Gasteiger partial charge is 2.00 e. The molecule has 0 fully saturated rings. The predicted octanol–water partition coefficient (Wildman–Crippen LogP) is 10.8. The van der Waals surface area contributed by atoms with Gasteiger partial charge in [0.2, 0.25) is 0 Å². The van der Waals surface area contributed by atoms with Gasteiger partial charge in [0.25, 0.3) is 0 Å². The van der Waals surface area contributed by atoms with E-state index in [1.165, 1.54) is 34.5 Å². The van der Waals surface area contributed by atoms with Gasteiger partial charge >= 0.3 is 21.1 Å². The van der Waals surface area contributed by atoms with Gasteiger partial charge in [-0.1, -0.05) is 70.0 Å². The third-order valence-electron chi connectivity index (χ3n) is 9.88. The van der Waals surface area contributed by atoms with E-state index in [2.05, 4.69) is 124 Å². The molecule has 7 rings (SSSR count). The van der Waals surface area contributed by atoms with E-state index in [0.717, 1.165) is 58.1 Å². The van der Waals surface area contributed by atoms with Gasteiger partial charge in [0, 0.05) is 40.4 Å². The van der Waals surface area contributed by atoms with Crippen LogP contribution in [0.25, 0.3) is 33.3 Å². The zero-order valence-corrected chi connectivity index (χ0v) is 31.3. The monoisotopic (exact) mass is 815 g/mol. The number of hydrogen-bond acceptors (Lipinski definition) is 3. The van der Waals surface area contributed by atoms with Crippen molar-refractivity contribution in [3.63, 3.8) is 0 Å². The first-order chi connectivity index (χ1) is 22.8. The zero-order valence-electron chi connectivity index (χ0n) is 29.0. The molecule has 6 heteroatoms. The van der Waals surface area contributed by atoms with Crippen molar-refractivity contribution >= 4 is 21.8 Å². The Morgan fingerprint density at radius 1 is 0.938 bits per heavy atom. The maximum Gasteiger partial charge on any atom is 2.00 e. The summed E-state index contributed by atoms with van der Waals surface area (Å²) >= 11 is 0. The number of ether oxygens (including phenoxy) is 1. The van der Waals surface area contributed by atoms with Crippen LogP contribution in [0, 0.1) is 25.0 Å². The molecule has 48 heavy (non-hydrogen) atoms. The maximum atomic E-state index is 6.64. The second kappa shape index (κ2) is 13.9. The third-order valence-corrected chi connectivity index (χ3v) is 9.88. The number of aryl methyl sites for hydroxylation is 2. The maximum absolute atomic E-state index is 6.64. The van der Waals surface area contributed by atoms with E-state index in [9.17, 15) is 0 Å². The Hall–Kier alpha value is -3.95. The molecule has 0 bridgehead atoms.